The zero-order valence-corrected chi connectivity index (χ0v) is 17.6. The van der Waals surface area contributed by atoms with E-state index in [2.05, 4.69) is 34.1 Å². The van der Waals surface area contributed by atoms with Crippen molar-refractivity contribution in [1.29, 1.82) is 0 Å². The van der Waals surface area contributed by atoms with Crippen LogP contribution in [-0.4, -0.2) is 73.2 Å². The fourth-order valence-electron chi connectivity index (χ4n) is 2.74. The molecule has 0 radical (unpaired) electrons. The Morgan fingerprint density at radius 1 is 1.10 bits per heavy atom. The Labute approximate surface area is 176 Å². The molecule has 2 amide bonds. The number of likely N-dealkylation sites (N-methyl/N-ethyl adjacent to an activating group) is 2. The molecule has 2 rings (SSSR count). The molecule has 0 fully saturated rings. The third-order valence-electron chi connectivity index (χ3n) is 4.94. The van der Waals surface area contributed by atoms with E-state index in [-0.39, 0.29) is 6.54 Å². The summed E-state index contributed by atoms with van der Waals surface area (Å²) >= 11 is 0. The van der Waals surface area contributed by atoms with Gasteiger partial charge in [-0.15, -0.1) is 0 Å². The van der Waals surface area contributed by atoms with Gasteiger partial charge >= 0.3 is 0 Å². The van der Waals surface area contributed by atoms with Crippen molar-refractivity contribution in [1.82, 2.24) is 20.7 Å². The molecule has 0 saturated heterocycles. The number of carbonyl (C=O) groups is 2. The Balaban J connectivity index is 2.02. The maximum absolute atomic E-state index is 12.3. The lowest BCUT2D eigenvalue weighted by Gasteiger charge is -2.22. The number of nitrogens with one attached hydrogen (secondary N) is 2. The molecule has 1 atom stereocenters. The van der Waals surface area contributed by atoms with Crippen molar-refractivity contribution in [3.05, 3.63) is 48.2 Å². The third kappa shape index (κ3) is 6.24. The number of nitrogens with two attached hydrogens (primary N) is 1. The Bertz CT molecular complexity index is 826. The van der Waals surface area contributed by atoms with Crippen LogP contribution >= 0.6 is 0 Å². The first-order valence-corrected chi connectivity index (χ1v) is 9.80. The highest BCUT2D eigenvalue weighted by atomic mass is 16.5. The molecule has 9 heteroatoms. The van der Waals surface area contributed by atoms with Gasteiger partial charge < -0.3 is 20.9 Å². The Kier molecular flexibility index (Phi) is 8.72. The van der Waals surface area contributed by atoms with Gasteiger partial charge in [0, 0.05) is 44.0 Å². The van der Waals surface area contributed by atoms with Gasteiger partial charge in [-0.3, -0.25) is 14.8 Å². The summed E-state index contributed by atoms with van der Waals surface area (Å²) in [5.74, 6) is -0.318. The molecule has 1 aromatic carbocycles. The number of carbonyl (C=O) groups excluding carboxylic acids is 2. The summed E-state index contributed by atoms with van der Waals surface area (Å²) in [7, 11) is 4.11. The fourth-order valence-corrected chi connectivity index (χ4v) is 2.74. The monoisotopic (exact) mass is 414 g/mol. The number of hydrogen-bond acceptors (Lipinski definition) is 7. The molecule has 0 spiro atoms. The number of benzene rings is 1. The van der Waals surface area contributed by atoms with Crippen LogP contribution in [0, 0.1) is 0 Å². The van der Waals surface area contributed by atoms with Gasteiger partial charge in [-0.25, -0.2) is 10.5 Å². The molecule has 0 aliphatic heterocycles. The summed E-state index contributed by atoms with van der Waals surface area (Å²) in [4.78, 5) is 32.6. The van der Waals surface area contributed by atoms with Gasteiger partial charge in [0.25, 0.3) is 11.8 Å². The highest BCUT2D eigenvalue weighted by Gasteiger charge is 2.19. The molecule has 0 aliphatic carbocycles. The number of anilines is 1. The van der Waals surface area contributed by atoms with Crippen LogP contribution in [0.2, 0.25) is 0 Å². The summed E-state index contributed by atoms with van der Waals surface area (Å²) in [6.07, 6.45) is 1.81. The number of rotatable bonds is 10. The summed E-state index contributed by atoms with van der Waals surface area (Å²) < 4.78 is 0. The van der Waals surface area contributed by atoms with Gasteiger partial charge in [-0.2, -0.15) is 0 Å². The van der Waals surface area contributed by atoms with Crippen LogP contribution in [0.3, 0.4) is 0 Å². The lowest BCUT2D eigenvalue weighted by atomic mass is 10.0. The van der Waals surface area contributed by atoms with Crippen molar-refractivity contribution in [3.8, 4) is 11.1 Å². The van der Waals surface area contributed by atoms with Crippen LogP contribution in [0.4, 0.5) is 5.82 Å². The first-order valence-electron chi connectivity index (χ1n) is 9.80. The van der Waals surface area contributed by atoms with E-state index in [1.165, 1.54) is 5.48 Å². The lowest BCUT2D eigenvalue weighted by molar-refractivity contribution is -0.130. The third-order valence-corrected chi connectivity index (χ3v) is 4.94. The van der Waals surface area contributed by atoms with Crippen molar-refractivity contribution in [2.45, 2.75) is 13.0 Å². The first-order chi connectivity index (χ1) is 14.4. The second-order valence-electron chi connectivity index (χ2n) is 7.04. The minimum absolute atomic E-state index is 0.128. The van der Waals surface area contributed by atoms with Crippen molar-refractivity contribution < 1.29 is 14.8 Å². The predicted molar refractivity (Wildman–Crippen MR) is 116 cm³/mol. The van der Waals surface area contributed by atoms with Crippen molar-refractivity contribution in [3.63, 3.8) is 0 Å². The van der Waals surface area contributed by atoms with Gasteiger partial charge in [0.2, 0.25) is 0 Å². The van der Waals surface area contributed by atoms with Gasteiger partial charge in [0.1, 0.15) is 11.9 Å². The van der Waals surface area contributed by atoms with Crippen molar-refractivity contribution in [2.24, 2.45) is 5.73 Å². The highest BCUT2D eigenvalue weighted by Crippen LogP contribution is 2.21. The van der Waals surface area contributed by atoms with Crippen molar-refractivity contribution >= 4 is 17.6 Å². The number of nitrogens with zero attached hydrogens (tertiary/aromatic N) is 3. The van der Waals surface area contributed by atoms with E-state index in [9.17, 15) is 9.59 Å². The predicted octanol–water partition coefficient (Wildman–Crippen LogP) is 0.699. The molecule has 0 unspecified atom stereocenters. The van der Waals surface area contributed by atoms with E-state index in [1.807, 2.05) is 31.3 Å². The standard InChI is InChI=1S/C21H30N6O3/c1-4-26(2)11-12-27(3)19-10-9-17(14-23-19)15-5-7-16(8-6-15)20(28)24-18(13-22)21(29)25-30/h5-10,14,18,30H,4,11-13,22H2,1-3H3,(H,24,28)(H,25,29)/t18-/m0/s1. The minimum Gasteiger partial charge on any atom is -0.358 e. The smallest absolute Gasteiger partial charge is 0.267 e. The van der Waals surface area contributed by atoms with Crippen LogP contribution in [0.15, 0.2) is 42.6 Å². The SMILES string of the molecule is CCN(C)CCN(C)c1ccc(-c2ccc(C(=O)N[C@@H](CN)C(=O)NO)cc2)cn1. The normalized spacial score (nSPS) is 11.8. The number of hydroxylamine groups is 1. The van der Waals surface area contributed by atoms with E-state index in [4.69, 9.17) is 10.9 Å². The summed E-state index contributed by atoms with van der Waals surface area (Å²) in [5, 5.41) is 11.2. The summed E-state index contributed by atoms with van der Waals surface area (Å²) in [6.45, 7) is 4.86. The molecular weight excluding hydrogens is 384 g/mol. The molecule has 1 heterocycles. The number of hydrogen-bond donors (Lipinski definition) is 4. The largest absolute Gasteiger partial charge is 0.358 e. The Morgan fingerprint density at radius 3 is 2.30 bits per heavy atom. The first kappa shape index (κ1) is 23.3. The molecule has 0 saturated carbocycles. The summed E-state index contributed by atoms with van der Waals surface area (Å²) in [6, 6.07) is 9.91. The molecule has 0 aliphatic rings. The summed E-state index contributed by atoms with van der Waals surface area (Å²) in [5.41, 5.74) is 9.17. The number of aromatic nitrogens is 1. The highest BCUT2D eigenvalue weighted by molar-refractivity contribution is 5.97. The van der Waals surface area contributed by atoms with Gasteiger partial charge in [0.05, 0.1) is 0 Å². The Morgan fingerprint density at radius 2 is 1.77 bits per heavy atom. The molecule has 2 aromatic rings. The maximum atomic E-state index is 12.3. The van der Waals surface area contributed by atoms with E-state index >= 15 is 0 Å². The second kappa shape index (κ2) is 11.2. The molecule has 1 aromatic heterocycles. The number of pyridine rings is 1. The van der Waals surface area contributed by atoms with Crippen LogP contribution in [-0.2, 0) is 4.79 Å². The van der Waals surface area contributed by atoms with Crippen LogP contribution < -0.4 is 21.4 Å². The zero-order valence-electron chi connectivity index (χ0n) is 17.6. The second-order valence-corrected chi connectivity index (χ2v) is 7.04. The van der Waals surface area contributed by atoms with Gasteiger partial charge in [-0.05, 0) is 43.4 Å². The molecular formula is C21H30N6O3. The zero-order chi connectivity index (χ0) is 22.1. The average Bonchev–Trinajstić information content (AvgIpc) is 2.80. The van der Waals surface area contributed by atoms with Crippen LogP contribution in [0.1, 0.15) is 17.3 Å². The number of amides is 2. The van der Waals surface area contributed by atoms with Crippen LogP contribution in [0.5, 0.6) is 0 Å². The quantitative estimate of drug-likeness (QED) is 0.333. The average molecular weight is 415 g/mol. The molecule has 162 valence electrons. The van der Waals surface area contributed by atoms with Gasteiger partial charge in [-0.1, -0.05) is 19.1 Å². The minimum atomic E-state index is -1.01. The molecule has 5 N–H and O–H groups in total. The van der Waals surface area contributed by atoms with Gasteiger partial charge in [0.15, 0.2) is 0 Å². The maximum Gasteiger partial charge on any atom is 0.267 e. The van der Waals surface area contributed by atoms with E-state index in [0.717, 1.165) is 36.6 Å². The van der Waals surface area contributed by atoms with E-state index in [0.29, 0.717) is 5.56 Å². The molecule has 9 nitrogen and oxygen atoms in total. The van der Waals surface area contributed by atoms with E-state index < -0.39 is 17.9 Å². The Hall–Kier alpha value is -3.01. The molecule has 0 bridgehead atoms. The van der Waals surface area contributed by atoms with E-state index in [1.54, 1.807) is 18.3 Å². The fraction of sp³-hybridized carbons (Fsp3) is 0.381. The van der Waals surface area contributed by atoms with Crippen molar-refractivity contribution in [2.75, 3.05) is 45.2 Å². The van der Waals surface area contributed by atoms with Crippen LogP contribution in [0.25, 0.3) is 11.1 Å². The molecule has 30 heavy (non-hydrogen) atoms. The topological polar surface area (TPSA) is 124 Å². The lowest BCUT2D eigenvalue weighted by Crippen LogP contribution is -2.50.